The van der Waals surface area contributed by atoms with Crippen LogP contribution >= 0.6 is 43.5 Å². The zero-order chi connectivity index (χ0) is 23.7. The molecule has 3 N–H and O–H groups in total. The van der Waals surface area contributed by atoms with Gasteiger partial charge in [0.25, 0.3) is 0 Å². The molecule has 0 bridgehead atoms. The van der Waals surface area contributed by atoms with Crippen molar-refractivity contribution in [1.29, 1.82) is 0 Å². The number of ketones is 1. The van der Waals surface area contributed by atoms with E-state index in [1.165, 1.54) is 0 Å². The fraction of sp³-hybridized carbons (Fsp3) is 0.348. The van der Waals surface area contributed by atoms with Crippen LogP contribution in [0.1, 0.15) is 41.6 Å². The number of Topliss-reactive ketones (excluding diaryl/α,β-unsaturated/α-hetero) is 1. The van der Waals surface area contributed by atoms with Crippen LogP contribution in [0.4, 0.5) is 16.2 Å². The Balaban J connectivity index is 1.29. The van der Waals surface area contributed by atoms with Crippen molar-refractivity contribution in [2.75, 3.05) is 24.1 Å². The SMILES string of the molecule is Nc1c(Br)cc(C(=O)CCC(=O)N2CCC(N3Cc4cc(Cl)ccc4NC3=O)CC2)cc1Br. The Hall–Kier alpha value is -2.10. The maximum absolute atomic E-state index is 12.7. The van der Waals surface area contributed by atoms with Crippen LogP contribution in [-0.2, 0) is 11.3 Å². The lowest BCUT2D eigenvalue weighted by Gasteiger charge is -2.40. The number of likely N-dealkylation sites (tertiary alicyclic amines) is 1. The number of amides is 3. The topological polar surface area (TPSA) is 95.7 Å². The van der Waals surface area contributed by atoms with Crippen LogP contribution in [0, 0.1) is 0 Å². The number of carbonyl (C=O) groups is 3. The van der Waals surface area contributed by atoms with E-state index in [9.17, 15) is 14.4 Å². The van der Waals surface area contributed by atoms with Gasteiger partial charge in [-0.2, -0.15) is 0 Å². The summed E-state index contributed by atoms with van der Waals surface area (Å²) < 4.78 is 1.28. The van der Waals surface area contributed by atoms with E-state index in [0.717, 1.165) is 11.3 Å². The minimum Gasteiger partial charge on any atom is -0.397 e. The predicted molar refractivity (Wildman–Crippen MR) is 135 cm³/mol. The van der Waals surface area contributed by atoms with Crippen molar-refractivity contribution in [2.24, 2.45) is 0 Å². The van der Waals surface area contributed by atoms with Gasteiger partial charge in [0.05, 0.1) is 5.69 Å². The molecule has 10 heteroatoms. The number of urea groups is 1. The number of nitrogens with zero attached hydrogens (tertiary/aromatic N) is 2. The number of fused-ring (bicyclic) bond motifs is 1. The van der Waals surface area contributed by atoms with Crippen LogP contribution in [-0.4, -0.2) is 46.7 Å². The zero-order valence-electron chi connectivity index (χ0n) is 17.7. The van der Waals surface area contributed by atoms with Gasteiger partial charge >= 0.3 is 6.03 Å². The summed E-state index contributed by atoms with van der Waals surface area (Å²) in [6, 6.07) is 8.72. The second-order valence-electron chi connectivity index (χ2n) is 8.25. The molecule has 1 saturated heterocycles. The quantitative estimate of drug-likeness (QED) is 0.354. The molecular formula is C23H23Br2ClN4O3. The van der Waals surface area contributed by atoms with Gasteiger partial charge in [0.15, 0.2) is 5.78 Å². The highest BCUT2D eigenvalue weighted by Crippen LogP contribution is 2.31. The van der Waals surface area contributed by atoms with Crippen molar-refractivity contribution < 1.29 is 14.4 Å². The lowest BCUT2D eigenvalue weighted by Crippen LogP contribution is -2.51. The standard InChI is InChI=1S/C23H23Br2ClN4O3/c24-17-10-13(11-18(25)22(17)27)20(31)3-4-21(32)29-7-5-16(6-8-29)30-12-14-9-15(26)1-2-19(14)28-23(30)33/h1-2,9-11,16H,3-8,12,27H2,(H,28,33). The number of benzene rings is 2. The summed E-state index contributed by atoms with van der Waals surface area (Å²) in [6.45, 7) is 1.62. The fourth-order valence-corrected chi connectivity index (χ4v) is 5.63. The summed E-state index contributed by atoms with van der Waals surface area (Å²) in [5, 5.41) is 3.56. The Morgan fingerprint density at radius 3 is 2.42 bits per heavy atom. The smallest absolute Gasteiger partial charge is 0.322 e. The van der Waals surface area contributed by atoms with Crippen LogP contribution in [0.5, 0.6) is 0 Å². The molecule has 0 unspecified atom stereocenters. The molecule has 33 heavy (non-hydrogen) atoms. The van der Waals surface area contributed by atoms with E-state index < -0.39 is 0 Å². The normalized spacial score (nSPS) is 16.4. The number of piperidine rings is 1. The Morgan fingerprint density at radius 1 is 1.09 bits per heavy atom. The highest BCUT2D eigenvalue weighted by Gasteiger charge is 2.32. The Kier molecular flexibility index (Phi) is 7.31. The van der Waals surface area contributed by atoms with Gasteiger partial charge in [-0.25, -0.2) is 4.79 Å². The molecule has 2 aliphatic heterocycles. The number of nitrogens with two attached hydrogens (primary N) is 1. The second-order valence-corrected chi connectivity index (χ2v) is 10.4. The first-order valence-electron chi connectivity index (χ1n) is 10.6. The third-order valence-electron chi connectivity index (χ3n) is 6.14. The Morgan fingerprint density at radius 2 is 1.76 bits per heavy atom. The lowest BCUT2D eigenvalue weighted by molar-refractivity contribution is -0.132. The summed E-state index contributed by atoms with van der Waals surface area (Å²) in [5.74, 6) is -0.155. The van der Waals surface area contributed by atoms with E-state index in [4.69, 9.17) is 17.3 Å². The molecule has 0 radical (unpaired) electrons. The average molecular weight is 599 g/mol. The molecule has 0 spiro atoms. The number of carbonyl (C=O) groups excluding carboxylic acids is 3. The number of rotatable bonds is 5. The molecule has 1 fully saturated rings. The van der Waals surface area contributed by atoms with Crippen LogP contribution in [0.2, 0.25) is 5.02 Å². The van der Waals surface area contributed by atoms with Crippen molar-refractivity contribution in [3.8, 4) is 0 Å². The van der Waals surface area contributed by atoms with Crippen molar-refractivity contribution in [2.45, 2.75) is 38.3 Å². The van der Waals surface area contributed by atoms with Crippen LogP contribution in [0.15, 0.2) is 39.3 Å². The Bertz CT molecular complexity index is 1100. The molecule has 0 atom stereocenters. The number of anilines is 2. The highest BCUT2D eigenvalue weighted by molar-refractivity contribution is 9.11. The molecule has 0 aliphatic carbocycles. The van der Waals surface area contributed by atoms with Crippen molar-refractivity contribution in [1.82, 2.24) is 9.80 Å². The van der Waals surface area contributed by atoms with Gasteiger partial charge in [0.1, 0.15) is 0 Å². The lowest BCUT2D eigenvalue weighted by atomic mass is 10.00. The molecule has 0 aromatic heterocycles. The molecule has 4 rings (SSSR count). The van der Waals surface area contributed by atoms with Crippen LogP contribution < -0.4 is 11.1 Å². The molecule has 3 amide bonds. The van der Waals surface area contributed by atoms with Gasteiger partial charge in [-0.3, -0.25) is 9.59 Å². The summed E-state index contributed by atoms with van der Waals surface area (Å²) in [6.07, 6.45) is 1.68. The van der Waals surface area contributed by atoms with Gasteiger partial charge in [-0.15, -0.1) is 0 Å². The number of hydrogen-bond acceptors (Lipinski definition) is 4. The minimum atomic E-state index is -0.124. The molecule has 0 saturated carbocycles. The molecule has 2 aromatic rings. The number of halogens is 3. The summed E-state index contributed by atoms with van der Waals surface area (Å²) in [4.78, 5) is 41.4. The first-order chi connectivity index (χ1) is 15.7. The first-order valence-corrected chi connectivity index (χ1v) is 12.6. The number of hydrogen-bond donors (Lipinski definition) is 2. The van der Waals surface area contributed by atoms with Crippen LogP contribution in [0.25, 0.3) is 0 Å². The number of nitrogen functional groups attached to an aromatic ring is 1. The molecule has 7 nitrogen and oxygen atoms in total. The molecular weight excluding hydrogens is 576 g/mol. The van der Waals surface area contributed by atoms with E-state index in [-0.39, 0.29) is 36.6 Å². The van der Waals surface area contributed by atoms with Crippen LogP contribution in [0.3, 0.4) is 0 Å². The minimum absolute atomic E-state index is 0.0457. The van der Waals surface area contributed by atoms with E-state index in [2.05, 4.69) is 37.2 Å². The van der Waals surface area contributed by atoms with Crippen molar-refractivity contribution in [3.05, 3.63) is 55.4 Å². The molecule has 174 valence electrons. The van der Waals surface area contributed by atoms with Gasteiger partial charge < -0.3 is 20.9 Å². The molecule has 2 aliphatic rings. The Labute approximate surface area is 213 Å². The second kappa shape index (κ2) is 10.0. The average Bonchev–Trinajstić information content (AvgIpc) is 2.80. The van der Waals surface area contributed by atoms with E-state index in [1.54, 1.807) is 23.1 Å². The third-order valence-corrected chi connectivity index (χ3v) is 7.68. The first kappa shape index (κ1) is 24.0. The molecule has 2 aromatic carbocycles. The largest absolute Gasteiger partial charge is 0.397 e. The zero-order valence-corrected chi connectivity index (χ0v) is 21.7. The highest BCUT2D eigenvalue weighted by atomic mass is 79.9. The maximum atomic E-state index is 12.7. The molecule has 2 heterocycles. The predicted octanol–water partition coefficient (Wildman–Crippen LogP) is 5.45. The van der Waals surface area contributed by atoms with E-state index in [1.807, 2.05) is 17.0 Å². The summed E-state index contributed by atoms with van der Waals surface area (Å²) >= 11 is 12.8. The van der Waals surface area contributed by atoms with Gasteiger partial charge in [-0.05, 0) is 80.6 Å². The third kappa shape index (κ3) is 5.36. The van der Waals surface area contributed by atoms with Gasteiger partial charge in [-0.1, -0.05) is 11.6 Å². The van der Waals surface area contributed by atoms with Crippen molar-refractivity contribution in [3.63, 3.8) is 0 Å². The summed E-state index contributed by atoms with van der Waals surface area (Å²) in [5.41, 5.74) is 8.68. The van der Waals surface area contributed by atoms with Gasteiger partial charge in [0.2, 0.25) is 5.91 Å². The maximum Gasteiger partial charge on any atom is 0.322 e. The van der Waals surface area contributed by atoms with Crippen molar-refractivity contribution >= 4 is 72.6 Å². The monoisotopic (exact) mass is 596 g/mol. The fourth-order valence-electron chi connectivity index (χ4n) is 4.25. The van der Waals surface area contributed by atoms with E-state index in [0.29, 0.717) is 57.7 Å². The summed E-state index contributed by atoms with van der Waals surface area (Å²) in [7, 11) is 0. The number of nitrogens with one attached hydrogen (secondary N) is 1. The van der Waals surface area contributed by atoms with E-state index >= 15 is 0 Å². The van der Waals surface area contributed by atoms with Gasteiger partial charge in [0, 0.05) is 63.7 Å².